The molecule has 2 aromatic carbocycles. The van der Waals surface area contributed by atoms with Gasteiger partial charge in [-0.25, -0.2) is 13.1 Å². The van der Waals surface area contributed by atoms with Gasteiger partial charge in [0.15, 0.2) is 6.67 Å². The van der Waals surface area contributed by atoms with Gasteiger partial charge in [0.1, 0.15) is 0 Å². The molecular weight excluding hydrogens is 376 g/mol. The maximum Gasteiger partial charge on any atom is 0.243 e. The fraction of sp³-hybridized carbons (Fsp3) is 0.300. The number of fused-ring (bicyclic) bond motifs is 1. The maximum absolute atomic E-state index is 12.8. The third-order valence-electron chi connectivity index (χ3n) is 5.22. The van der Waals surface area contributed by atoms with E-state index in [1.807, 2.05) is 41.9 Å². The van der Waals surface area contributed by atoms with Gasteiger partial charge in [-0.15, -0.1) is 0 Å². The first-order chi connectivity index (χ1) is 13.4. The van der Waals surface area contributed by atoms with E-state index in [-0.39, 0.29) is 5.43 Å². The molecule has 1 fully saturated rings. The Morgan fingerprint density at radius 3 is 2.43 bits per heavy atom. The van der Waals surface area contributed by atoms with Crippen molar-refractivity contribution in [1.82, 2.24) is 14.1 Å². The molecule has 0 atom stereocenters. The number of rotatable bonds is 4. The molecule has 1 N–H and O–H groups in total. The number of hydrogen-bond acceptors (Lipinski definition) is 4. The van der Waals surface area contributed by atoms with Crippen LogP contribution in [-0.4, -0.2) is 48.7 Å². The van der Waals surface area contributed by atoms with Crippen LogP contribution < -0.4 is 10.3 Å². The minimum absolute atomic E-state index is 0.0872. The highest BCUT2D eigenvalue weighted by atomic mass is 32.2. The summed E-state index contributed by atoms with van der Waals surface area (Å²) in [5, 5.41) is 4.93. The third kappa shape index (κ3) is 3.58. The zero-order valence-electron chi connectivity index (χ0n) is 15.7. The summed E-state index contributed by atoms with van der Waals surface area (Å²) < 4.78 is 29.1. The fourth-order valence-electron chi connectivity index (χ4n) is 3.56. The quantitative estimate of drug-likeness (QED) is 0.683. The average molecular weight is 399 g/mol. The molecule has 8 heteroatoms. The molecule has 28 heavy (non-hydrogen) atoms. The van der Waals surface area contributed by atoms with Gasteiger partial charge in [-0.1, -0.05) is 29.8 Å². The molecule has 1 saturated heterocycles. The zero-order chi connectivity index (χ0) is 19.7. The first-order valence-electron chi connectivity index (χ1n) is 9.30. The van der Waals surface area contributed by atoms with Crippen LogP contribution in [0.5, 0.6) is 0 Å². The molecule has 146 valence electrons. The molecule has 1 aromatic heterocycles. The van der Waals surface area contributed by atoms with Crippen LogP contribution in [0.4, 0.5) is 0 Å². The van der Waals surface area contributed by atoms with Gasteiger partial charge < -0.3 is 4.90 Å². The highest BCUT2D eigenvalue weighted by Crippen LogP contribution is 2.16. The smallest absolute Gasteiger partial charge is 0.243 e. The van der Waals surface area contributed by atoms with E-state index in [2.05, 4.69) is 5.10 Å². The molecule has 1 aliphatic rings. The van der Waals surface area contributed by atoms with Gasteiger partial charge in [-0.05, 0) is 31.2 Å². The fourth-order valence-corrected chi connectivity index (χ4v) is 5.00. The second kappa shape index (κ2) is 7.46. The Morgan fingerprint density at radius 1 is 1.04 bits per heavy atom. The Hall–Kier alpha value is -2.55. The van der Waals surface area contributed by atoms with E-state index >= 15 is 0 Å². The topological polar surface area (TPSA) is 76.7 Å². The SMILES string of the molecule is Cc1ccc(S(=O)(=O)N2CC[NH+](Cn3ncc(=O)c4ccccc43)CC2)cc1. The van der Waals surface area contributed by atoms with Crippen LogP contribution in [0.1, 0.15) is 5.56 Å². The van der Waals surface area contributed by atoms with E-state index in [1.165, 1.54) is 11.1 Å². The Kier molecular flexibility index (Phi) is 5.01. The van der Waals surface area contributed by atoms with Crippen molar-refractivity contribution < 1.29 is 13.3 Å². The lowest BCUT2D eigenvalue weighted by Gasteiger charge is -2.31. The van der Waals surface area contributed by atoms with Crippen molar-refractivity contribution in [1.29, 1.82) is 0 Å². The minimum Gasteiger partial charge on any atom is -0.314 e. The zero-order valence-corrected chi connectivity index (χ0v) is 16.5. The normalized spacial score (nSPS) is 16.5. The number of nitrogens with zero attached hydrogens (tertiary/aromatic N) is 3. The van der Waals surface area contributed by atoms with Crippen molar-refractivity contribution in [3.8, 4) is 0 Å². The second-order valence-electron chi connectivity index (χ2n) is 7.15. The van der Waals surface area contributed by atoms with Crippen LogP contribution >= 0.6 is 0 Å². The van der Waals surface area contributed by atoms with E-state index in [1.54, 1.807) is 22.5 Å². The van der Waals surface area contributed by atoms with Gasteiger partial charge >= 0.3 is 0 Å². The van der Waals surface area contributed by atoms with E-state index in [4.69, 9.17) is 0 Å². The Labute approximate surface area is 163 Å². The lowest BCUT2D eigenvalue weighted by molar-refractivity contribution is -0.926. The molecule has 4 rings (SSSR count). The molecule has 2 heterocycles. The summed E-state index contributed by atoms with van der Waals surface area (Å²) in [5.74, 6) is 0. The van der Waals surface area contributed by atoms with E-state index < -0.39 is 10.0 Å². The summed E-state index contributed by atoms with van der Waals surface area (Å²) in [7, 11) is -3.46. The molecule has 1 aliphatic heterocycles. The number of piperazine rings is 1. The predicted molar refractivity (Wildman–Crippen MR) is 107 cm³/mol. The molecule has 0 unspecified atom stereocenters. The summed E-state index contributed by atoms with van der Waals surface area (Å²) >= 11 is 0. The lowest BCUT2D eigenvalue weighted by atomic mass is 10.2. The van der Waals surface area contributed by atoms with Gasteiger partial charge in [-0.3, -0.25) is 4.79 Å². The number of nitrogens with one attached hydrogen (secondary N) is 1. The van der Waals surface area contributed by atoms with Crippen LogP contribution in [0.2, 0.25) is 0 Å². The average Bonchev–Trinajstić information content (AvgIpc) is 2.71. The summed E-state index contributed by atoms with van der Waals surface area (Å²) in [5.41, 5.74) is 1.75. The molecular formula is C20H23N4O3S+. The van der Waals surface area contributed by atoms with Gasteiger partial charge in [0, 0.05) is 5.39 Å². The van der Waals surface area contributed by atoms with Crippen LogP contribution in [0.15, 0.2) is 64.4 Å². The summed E-state index contributed by atoms with van der Waals surface area (Å²) in [4.78, 5) is 13.6. The van der Waals surface area contributed by atoms with Crippen LogP contribution in [-0.2, 0) is 16.7 Å². The number of aryl methyl sites for hydroxylation is 1. The van der Waals surface area contributed by atoms with Crippen molar-refractivity contribution >= 4 is 20.9 Å². The van der Waals surface area contributed by atoms with Crippen LogP contribution in [0, 0.1) is 6.92 Å². The third-order valence-corrected chi connectivity index (χ3v) is 7.14. The molecule has 3 aromatic rings. The van der Waals surface area contributed by atoms with Crippen molar-refractivity contribution in [2.45, 2.75) is 18.5 Å². The highest BCUT2D eigenvalue weighted by molar-refractivity contribution is 7.89. The molecule has 0 spiro atoms. The largest absolute Gasteiger partial charge is 0.314 e. The maximum atomic E-state index is 12.8. The van der Waals surface area contributed by atoms with Crippen LogP contribution in [0.3, 0.4) is 0 Å². The van der Waals surface area contributed by atoms with E-state index in [0.717, 1.165) is 11.1 Å². The highest BCUT2D eigenvalue weighted by Gasteiger charge is 2.30. The number of hydrogen-bond donors (Lipinski definition) is 1. The molecule has 7 nitrogen and oxygen atoms in total. The number of aromatic nitrogens is 2. The van der Waals surface area contributed by atoms with E-state index in [9.17, 15) is 13.2 Å². The monoisotopic (exact) mass is 399 g/mol. The van der Waals surface area contributed by atoms with Crippen LogP contribution in [0.25, 0.3) is 10.9 Å². The Bertz CT molecular complexity index is 1150. The van der Waals surface area contributed by atoms with Crippen molar-refractivity contribution in [3.05, 3.63) is 70.5 Å². The second-order valence-corrected chi connectivity index (χ2v) is 9.09. The summed E-state index contributed by atoms with van der Waals surface area (Å²) in [6, 6.07) is 14.4. The molecule has 0 aliphatic carbocycles. The predicted octanol–water partition coefficient (Wildman–Crippen LogP) is 0.252. The first-order valence-corrected chi connectivity index (χ1v) is 10.7. The Morgan fingerprint density at radius 2 is 1.71 bits per heavy atom. The molecule has 0 saturated carbocycles. The lowest BCUT2D eigenvalue weighted by Crippen LogP contribution is -3.14. The first kappa shape index (κ1) is 18.8. The van der Waals surface area contributed by atoms with Gasteiger partial charge in [0.25, 0.3) is 0 Å². The van der Waals surface area contributed by atoms with E-state index in [0.29, 0.717) is 43.1 Å². The van der Waals surface area contributed by atoms with Crippen molar-refractivity contribution in [3.63, 3.8) is 0 Å². The molecule has 0 bridgehead atoms. The number of quaternary nitrogens is 1. The standard InChI is InChI=1S/C20H22N4O3S/c1-16-6-8-17(9-7-16)28(26,27)23-12-10-22(11-13-23)15-24-19-5-3-2-4-18(19)20(25)14-21-24/h2-9,14H,10-13,15H2,1H3/p+1. The summed E-state index contributed by atoms with van der Waals surface area (Å²) in [6.45, 7) is 4.83. The summed E-state index contributed by atoms with van der Waals surface area (Å²) in [6.07, 6.45) is 1.35. The minimum atomic E-state index is -3.46. The number of benzene rings is 2. The van der Waals surface area contributed by atoms with Gasteiger partial charge in [0.05, 0.1) is 42.8 Å². The molecule has 0 radical (unpaired) electrons. The molecule has 0 amide bonds. The van der Waals surface area contributed by atoms with Gasteiger partial charge in [-0.2, -0.15) is 9.40 Å². The Balaban J connectivity index is 1.47. The van der Waals surface area contributed by atoms with Crippen molar-refractivity contribution in [2.75, 3.05) is 26.2 Å². The van der Waals surface area contributed by atoms with Gasteiger partial charge in [0.2, 0.25) is 15.5 Å². The number of para-hydroxylation sites is 1. The van der Waals surface area contributed by atoms with Crippen molar-refractivity contribution in [2.24, 2.45) is 0 Å². The number of sulfonamides is 1.